The van der Waals surface area contributed by atoms with Crippen LogP contribution in [0, 0.1) is 6.92 Å². The molecule has 0 radical (unpaired) electrons. The molecule has 0 fully saturated rings. The summed E-state index contributed by atoms with van der Waals surface area (Å²) in [5.41, 5.74) is 5.22. The Hall–Kier alpha value is -3.54. The summed E-state index contributed by atoms with van der Waals surface area (Å²) in [7, 11) is 0. The van der Waals surface area contributed by atoms with E-state index < -0.39 is 0 Å². The van der Waals surface area contributed by atoms with Crippen LogP contribution in [0.15, 0.2) is 67.1 Å². The minimum Gasteiger partial charge on any atom is -0.352 e. The Balaban J connectivity index is 1.40. The van der Waals surface area contributed by atoms with E-state index in [0.29, 0.717) is 13.0 Å². The molecular formula is C24H25N5O. The van der Waals surface area contributed by atoms with Gasteiger partial charge in [0.25, 0.3) is 0 Å². The van der Waals surface area contributed by atoms with Gasteiger partial charge in [-0.2, -0.15) is 0 Å². The van der Waals surface area contributed by atoms with Gasteiger partial charge in [0, 0.05) is 38.0 Å². The van der Waals surface area contributed by atoms with E-state index in [1.165, 1.54) is 11.1 Å². The highest BCUT2D eigenvalue weighted by Gasteiger charge is 2.13. The Bertz CT molecular complexity index is 1120. The van der Waals surface area contributed by atoms with Crippen molar-refractivity contribution in [3.8, 4) is 0 Å². The Kier molecular flexibility index (Phi) is 6.13. The average Bonchev–Trinajstić information content (AvgIpc) is 3.12. The largest absolute Gasteiger partial charge is 0.352 e. The molecule has 30 heavy (non-hydrogen) atoms. The van der Waals surface area contributed by atoms with Crippen molar-refractivity contribution >= 4 is 17.1 Å². The number of nitrogens with one attached hydrogen (secondary N) is 1. The highest BCUT2D eigenvalue weighted by molar-refractivity contribution is 5.76. The number of pyridine rings is 2. The first kappa shape index (κ1) is 19.8. The number of imidazole rings is 1. The first-order chi connectivity index (χ1) is 14.7. The van der Waals surface area contributed by atoms with Crippen molar-refractivity contribution in [1.29, 1.82) is 0 Å². The maximum absolute atomic E-state index is 12.2. The fraction of sp³-hybridized carbons (Fsp3) is 0.250. The van der Waals surface area contributed by atoms with Crippen molar-refractivity contribution in [3.05, 3.63) is 89.6 Å². The fourth-order valence-corrected chi connectivity index (χ4v) is 3.44. The quantitative estimate of drug-likeness (QED) is 0.489. The van der Waals surface area contributed by atoms with Gasteiger partial charge in [0.2, 0.25) is 5.91 Å². The van der Waals surface area contributed by atoms with E-state index in [9.17, 15) is 4.79 Å². The molecule has 0 saturated carbocycles. The van der Waals surface area contributed by atoms with Crippen molar-refractivity contribution < 1.29 is 4.79 Å². The lowest BCUT2D eigenvalue weighted by Crippen LogP contribution is -2.22. The molecule has 3 heterocycles. The van der Waals surface area contributed by atoms with Gasteiger partial charge in [0.05, 0.1) is 6.54 Å². The Morgan fingerprint density at radius 3 is 2.67 bits per heavy atom. The van der Waals surface area contributed by atoms with Gasteiger partial charge in [-0.1, -0.05) is 35.9 Å². The van der Waals surface area contributed by atoms with Crippen molar-refractivity contribution in [2.24, 2.45) is 0 Å². The number of rotatable bonds is 8. The number of aryl methyl sites for hydroxylation is 2. The number of carbonyl (C=O) groups excluding carboxylic acids is 1. The van der Waals surface area contributed by atoms with E-state index in [1.807, 2.05) is 24.3 Å². The molecule has 1 aromatic carbocycles. The predicted octanol–water partition coefficient (Wildman–Crippen LogP) is 3.82. The topological polar surface area (TPSA) is 72.7 Å². The summed E-state index contributed by atoms with van der Waals surface area (Å²) < 4.78 is 2.16. The van der Waals surface area contributed by atoms with Crippen LogP contribution in [0.3, 0.4) is 0 Å². The van der Waals surface area contributed by atoms with Gasteiger partial charge in [0.15, 0.2) is 5.65 Å². The zero-order valence-electron chi connectivity index (χ0n) is 17.1. The van der Waals surface area contributed by atoms with Gasteiger partial charge in [-0.25, -0.2) is 9.97 Å². The number of aromatic nitrogens is 4. The number of hydrogen-bond donors (Lipinski definition) is 1. The first-order valence-electron chi connectivity index (χ1n) is 10.2. The van der Waals surface area contributed by atoms with Crippen LogP contribution in [0.2, 0.25) is 0 Å². The second-order valence-electron chi connectivity index (χ2n) is 7.44. The third-order valence-corrected chi connectivity index (χ3v) is 5.06. The lowest BCUT2D eigenvalue weighted by Gasteiger charge is -2.10. The molecule has 0 aliphatic rings. The molecule has 4 rings (SSSR count). The summed E-state index contributed by atoms with van der Waals surface area (Å²) in [4.78, 5) is 25.6. The third kappa shape index (κ3) is 4.89. The molecule has 0 bridgehead atoms. The lowest BCUT2D eigenvalue weighted by atomic mass is 10.1. The smallest absolute Gasteiger partial charge is 0.220 e. The molecular weight excluding hydrogens is 374 g/mol. The van der Waals surface area contributed by atoms with E-state index >= 15 is 0 Å². The normalized spacial score (nSPS) is 11.0. The number of amides is 1. The zero-order valence-corrected chi connectivity index (χ0v) is 17.1. The zero-order chi connectivity index (χ0) is 20.8. The van der Waals surface area contributed by atoms with Crippen LogP contribution < -0.4 is 5.32 Å². The van der Waals surface area contributed by atoms with Gasteiger partial charge in [-0.05, 0) is 42.7 Å². The predicted molar refractivity (Wildman–Crippen MR) is 117 cm³/mol. The standard InChI is InChI=1S/C24H25N5O/c1-18-9-11-19(12-10-18)17-29-22(28-21-6-4-14-26-24(21)29)7-2-8-23(30)27-16-20-5-3-13-25-15-20/h3-6,9-15H,2,7-8,16-17H2,1H3,(H,27,30). The SMILES string of the molecule is Cc1ccc(Cn2c(CCCC(=O)NCc3cccnc3)nc3cccnc32)cc1. The van der Waals surface area contributed by atoms with E-state index in [1.54, 1.807) is 18.6 Å². The minimum atomic E-state index is 0.0400. The molecule has 0 saturated heterocycles. The molecule has 1 amide bonds. The maximum atomic E-state index is 12.2. The maximum Gasteiger partial charge on any atom is 0.220 e. The molecule has 152 valence electrons. The van der Waals surface area contributed by atoms with Crippen LogP contribution in [-0.4, -0.2) is 25.4 Å². The van der Waals surface area contributed by atoms with Crippen LogP contribution >= 0.6 is 0 Å². The second kappa shape index (κ2) is 9.31. The number of nitrogens with zero attached hydrogens (tertiary/aromatic N) is 4. The van der Waals surface area contributed by atoms with Crippen LogP contribution in [0.25, 0.3) is 11.2 Å². The molecule has 3 aromatic heterocycles. The number of benzene rings is 1. The lowest BCUT2D eigenvalue weighted by molar-refractivity contribution is -0.121. The molecule has 0 aliphatic heterocycles. The van der Waals surface area contributed by atoms with Gasteiger partial charge < -0.3 is 9.88 Å². The summed E-state index contributed by atoms with van der Waals surface area (Å²) in [5, 5.41) is 2.95. The van der Waals surface area contributed by atoms with Crippen molar-refractivity contribution in [2.45, 2.75) is 39.3 Å². The Labute approximate surface area is 176 Å². The molecule has 0 spiro atoms. The Morgan fingerprint density at radius 1 is 1.03 bits per heavy atom. The summed E-state index contributed by atoms with van der Waals surface area (Å²) in [6, 6.07) is 16.2. The monoisotopic (exact) mass is 399 g/mol. The molecule has 6 nitrogen and oxygen atoms in total. The van der Waals surface area contributed by atoms with Crippen LogP contribution in [0.1, 0.15) is 35.4 Å². The number of fused-ring (bicyclic) bond motifs is 1. The Morgan fingerprint density at radius 2 is 1.87 bits per heavy atom. The van der Waals surface area contributed by atoms with Crippen molar-refractivity contribution in [3.63, 3.8) is 0 Å². The molecule has 6 heteroatoms. The van der Waals surface area contributed by atoms with Crippen molar-refractivity contribution in [2.75, 3.05) is 0 Å². The van der Waals surface area contributed by atoms with E-state index in [-0.39, 0.29) is 5.91 Å². The van der Waals surface area contributed by atoms with Crippen molar-refractivity contribution in [1.82, 2.24) is 24.8 Å². The first-order valence-corrected chi connectivity index (χ1v) is 10.2. The van der Waals surface area contributed by atoms with Gasteiger partial charge in [0.1, 0.15) is 11.3 Å². The summed E-state index contributed by atoms with van der Waals surface area (Å²) in [6.07, 6.45) is 7.20. The molecule has 0 atom stereocenters. The molecule has 4 aromatic rings. The molecule has 1 N–H and O–H groups in total. The van der Waals surface area contributed by atoms with Crippen LogP contribution in [0.5, 0.6) is 0 Å². The fourth-order valence-electron chi connectivity index (χ4n) is 3.44. The molecule has 0 unspecified atom stereocenters. The van der Waals surface area contributed by atoms with E-state index in [2.05, 4.69) is 51.0 Å². The van der Waals surface area contributed by atoms with Crippen LogP contribution in [-0.2, 0) is 24.3 Å². The summed E-state index contributed by atoms with van der Waals surface area (Å²) in [5.74, 6) is 1.00. The second-order valence-corrected chi connectivity index (χ2v) is 7.44. The minimum absolute atomic E-state index is 0.0400. The number of carbonyl (C=O) groups is 1. The third-order valence-electron chi connectivity index (χ3n) is 5.06. The highest BCUT2D eigenvalue weighted by atomic mass is 16.1. The summed E-state index contributed by atoms with van der Waals surface area (Å²) in [6.45, 7) is 3.31. The highest BCUT2D eigenvalue weighted by Crippen LogP contribution is 2.18. The average molecular weight is 399 g/mol. The van der Waals surface area contributed by atoms with E-state index in [4.69, 9.17) is 4.98 Å². The van der Waals surface area contributed by atoms with Gasteiger partial charge in [-0.3, -0.25) is 9.78 Å². The van der Waals surface area contributed by atoms with Gasteiger partial charge in [-0.15, -0.1) is 0 Å². The molecule has 0 aliphatic carbocycles. The van der Waals surface area contributed by atoms with Crippen LogP contribution in [0.4, 0.5) is 0 Å². The van der Waals surface area contributed by atoms with E-state index in [0.717, 1.165) is 41.9 Å². The van der Waals surface area contributed by atoms with Gasteiger partial charge >= 0.3 is 0 Å². The number of hydrogen-bond acceptors (Lipinski definition) is 4. The summed E-state index contributed by atoms with van der Waals surface area (Å²) >= 11 is 0.